The molecule has 0 unspecified atom stereocenters. The van der Waals surface area contributed by atoms with Gasteiger partial charge in [-0.15, -0.1) is 0 Å². The minimum Gasteiger partial charge on any atom is -0.351 e. The van der Waals surface area contributed by atoms with Crippen molar-refractivity contribution in [2.45, 2.75) is 0 Å². The lowest BCUT2D eigenvalue weighted by molar-refractivity contribution is 0.255. The van der Waals surface area contributed by atoms with Crippen molar-refractivity contribution in [2.75, 3.05) is 11.9 Å². The third-order valence-corrected chi connectivity index (χ3v) is 1.91. The van der Waals surface area contributed by atoms with Crippen molar-refractivity contribution < 1.29 is 9.18 Å². The molecule has 0 radical (unpaired) electrons. The van der Waals surface area contributed by atoms with Gasteiger partial charge < -0.3 is 5.73 Å². The summed E-state index contributed by atoms with van der Waals surface area (Å²) < 4.78 is 12.7. The Bertz CT molecular complexity index is 343. The van der Waals surface area contributed by atoms with Gasteiger partial charge in [0.1, 0.15) is 5.82 Å². The number of nitrogens with zero attached hydrogens (tertiary/aromatic N) is 1. The van der Waals surface area contributed by atoms with Crippen molar-refractivity contribution in [3.05, 3.63) is 29.0 Å². The largest absolute Gasteiger partial charge is 0.351 e. The fraction of sp³-hybridized carbons (Fsp3) is 0.125. The maximum absolute atomic E-state index is 12.7. The van der Waals surface area contributed by atoms with Gasteiger partial charge in [-0.25, -0.2) is 9.18 Å². The molecule has 0 saturated carbocycles. The number of urea groups is 1. The first-order valence-electron chi connectivity index (χ1n) is 3.50. The van der Waals surface area contributed by atoms with Crippen LogP contribution in [0.15, 0.2) is 18.2 Å². The van der Waals surface area contributed by atoms with Crippen molar-refractivity contribution >= 4 is 23.3 Å². The van der Waals surface area contributed by atoms with Crippen LogP contribution in [-0.2, 0) is 0 Å². The fourth-order valence-electron chi connectivity index (χ4n) is 0.821. The molecule has 0 saturated heterocycles. The SMILES string of the molecule is CN(C(N)=O)c1ccc(F)c(Cl)c1. The first-order valence-corrected chi connectivity index (χ1v) is 3.88. The molecule has 2 N–H and O–H groups in total. The Morgan fingerprint density at radius 2 is 2.23 bits per heavy atom. The topological polar surface area (TPSA) is 46.3 Å². The van der Waals surface area contributed by atoms with Crippen molar-refractivity contribution in [1.82, 2.24) is 0 Å². The Balaban J connectivity index is 3.03. The molecular formula is C8H8ClFN2O. The zero-order chi connectivity index (χ0) is 10.0. The summed E-state index contributed by atoms with van der Waals surface area (Å²) >= 11 is 5.51. The summed E-state index contributed by atoms with van der Waals surface area (Å²) in [6, 6.07) is 3.31. The van der Waals surface area contributed by atoms with E-state index < -0.39 is 11.8 Å². The number of primary amides is 1. The Labute approximate surface area is 79.9 Å². The van der Waals surface area contributed by atoms with Crippen LogP contribution in [0.4, 0.5) is 14.9 Å². The average molecular weight is 203 g/mol. The van der Waals surface area contributed by atoms with E-state index in [0.29, 0.717) is 5.69 Å². The quantitative estimate of drug-likeness (QED) is 0.744. The highest BCUT2D eigenvalue weighted by atomic mass is 35.5. The highest BCUT2D eigenvalue weighted by Crippen LogP contribution is 2.21. The van der Waals surface area contributed by atoms with Gasteiger partial charge in [-0.1, -0.05) is 11.6 Å². The molecule has 1 rings (SSSR count). The normalized spacial score (nSPS) is 9.77. The number of nitrogens with two attached hydrogens (primary N) is 1. The lowest BCUT2D eigenvalue weighted by atomic mass is 10.3. The molecule has 0 atom stereocenters. The van der Waals surface area contributed by atoms with Crippen LogP contribution in [-0.4, -0.2) is 13.1 Å². The highest BCUT2D eigenvalue weighted by molar-refractivity contribution is 6.31. The molecule has 70 valence electrons. The van der Waals surface area contributed by atoms with Gasteiger partial charge in [0.2, 0.25) is 0 Å². The molecule has 3 nitrogen and oxygen atoms in total. The fourth-order valence-corrected chi connectivity index (χ4v) is 0.996. The van der Waals surface area contributed by atoms with Crippen LogP contribution in [0.25, 0.3) is 0 Å². The zero-order valence-corrected chi connectivity index (χ0v) is 7.68. The second-order valence-electron chi connectivity index (χ2n) is 2.50. The number of anilines is 1. The van der Waals surface area contributed by atoms with Gasteiger partial charge >= 0.3 is 6.03 Å². The number of carbonyl (C=O) groups excluding carboxylic acids is 1. The molecule has 0 aliphatic carbocycles. The monoisotopic (exact) mass is 202 g/mol. The predicted octanol–water partition coefficient (Wildman–Crippen LogP) is 1.99. The zero-order valence-electron chi connectivity index (χ0n) is 6.92. The summed E-state index contributed by atoms with van der Waals surface area (Å²) in [5, 5.41) is -0.0365. The van der Waals surface area contributed by atoms with Gasteiger partial charge in [0.25, 0.3) is 0 Å². The molecule has 0 bridgehead atoms. The molecule has 0 fully saturated rings. The minimum absolute atomic E-state index is 0.0365. The van der Waals surface area contributed by atoms with E-state index in [0.717, 1.165) is 0 Å². The van der Waals surface area contributed by atoms with Gasteiger partial charge in [0.15, 0.2) is 0 Å². The molecule has 2 amide bonds. The third-order valence-electron chi connectivity index (χ3n) is 1.62. The number of hydrogen-bond acceptors (Lipinski definition) is 1. The van der Waals surface area contributed by atoms with E-state index in [4.69, 9.17) is 17.3 Å². The first kappa shape index (κ1) is 9.80. The molecule has 5 heteroatoms. The smallest absolute Gasteiger partial charge is 0.318 e. The van der Waals surface area contributed by atoms with E-state index in [-0.39, 0.29) is 5.02 Å². The molecule has 0 aliphatic heterocycles. The van der Waals surface area contributed by atoms with Crippen LogP contribution < -0.4 is 10.6 Å². The van der Waals surface area contributed by atoms with Crippen LogP contribution in [0, 0.1) is 5.82 Å². The van der Waals surface area contributed by atoms with Crippen LogP contribution in [0.5, 0.6) is 0 Å². The molecular weight excluding hydrogens is 195 g/mol. The van der Waals surface area contributed by atoms with E-state index in [9.17, 15) is 9.18 Å². The number of amides is 2. The minimum atomic E-state index is -0.623. The van der Waals surface area contributed by atoms with Crippen molar-refractivity contribution in [1.29, 1.82) is 0 Å². The molecule has 0 spiro atoms. The van der Waals surface area contributed by atoms with Crippen LogP contribution in [0.1, 0.15) is 0 Å². The summed E-state index contributed by atoms with van der Waals surface area (Å²) in [6.07, 6.45) is 0. The van der Waals surface area contributed by atoms with Gasteiger partial charge in [0.05, 0.1) is 5.02 Å². The summed E-state index contributed by atoms with van der Waals surface area (Å²) in [5.74, 6) is -0.525. The Hall–Kier alpha value is -1.29. The van der Waals surface area contributed by atoms with Gasteiger partial charge in [0, 0.05) is 12.7 Å². The van der Waals surface area contributed by atoms with Crippen LogP contribution in [0.3, 0.4) is 0 Å². The Morgan fingerprint density at radius 1 is 1.62 bits per heavy atom. The van der Waals surface area contributed by atoms with Gasteiger partial charge in [-0.3, -0.25) is 4.90 Å². The first-order chi connectivity index (χ1) is 6.02. The number of rotatable bonds is 1. The van der Waals surface area contributed by atoms with E-state index >= 15 is 0 Å². The maximum Gasteiger partial charge on any atom is 0.318 e. The number of halogens is 2. The van der Waals surface area contributed by atoms with Crippen molar-refractivity contribution in [3.63, 3.8) is 0 Å². The van der Waals surface area contributed by atoms with Gasteiger partial charge in [-0.05, 0) is 18.2 Å². The lowest BCUT2D eigenvalue weighted by Gasteiger charge is -2.14. The standard InChI is InChI=1S/C8H8ClFN2O/c1-12(8(11)13)5-2-3-7(10)6(9)4-5/h2-4H,1H3,(H2,11,13). The summed E-state index contributed by atoms with van der Waals surface area (Å²) in [5.41, 5.74) is 5.46. The second-order valence-corrected chi connectivity index (χ2v) is 2.90. The summed E-state index contributed by atoms with van der Waals surface area (Å²) in [4.78, 5) is 11.9. The molecule has 0 heterocycles. The van der Waals surface area contributed by atoms with Gasteiger partial charge in [-0.2, -0.15) is 0 Å². The molecule has 1 aromatic rings. The number of carbonyl (C=O) groups is 1. The molecule has 1 aromatic carbocycles. The summed E-state index contributed by atoms with van der Waals surface area (Å²) in [7, 11) is 1.48. The maximum atomic E-state index is 12.7. The van der Waals surface area contributed by atoms with E-state index in [2.05, 4.69) is 0 Å². The lowest BCUT2D eigenvalue weighted by Crippen LogP contribution is -2.31. The number of hydrogen-bond donors (Lipinski definition) is 1. The Morgan fingerprint density at radius 3 is 2.69 bits per heavy atom. The Kier molecular flexibility index (Phi) is 2.72. The third kappa shape index (κ3) is 2.09. The summed E-state index contributed by atoms with van der Waals surface area (Å²) in [6.45, 7) is 0. The van der Waals surface area contributed by atoms with E-state index in [1.165, 1.54) is 30.1 Å². The van der Waals surface area contributed by atoms with E-state index in [1.807, 2.05) is 0 Å². The van der Waals surface area contributed by atoms with Crippen LogP contribution >= 0.6 is 11.6 Å². The van der Waals surface area contributed by atoms with E-state index in [1.54, 1.807) is 0 Å². The molecule has 0 aliphatic rings. The second kappa shape index (κ2) is 3.62. The number of benzene rings is 1. The molecule has 0 aromatic heterocycles. The predicted molar refractivity (Wildman–Crippen MR) is 49.4 cm³/mol. The highest BCUT2D eigenvalue weighted by Gasteiger charge is 2.08. The van der Waals surface area contributed by atoms with Crippen molar-refractivity contribution in [2.24, 2.45) is 5.73 Å². The van der Waals surface area contributed by atoms with Crippen LogP contribution in [0.2, 0.25) is 5.02 Å². The molecule has 13 heavy (non-hydrogen) atoms. The van der Waals surface area contributed by atoms with Crippen molar-refractivity contribution in [3.8, 4) is 0 Å². The average Bonchev–Trinajstić information content (AvgIpc) is 2.08.